The molecule has 3 heteroatoms. The maximum atomic E-state index is 5.24. The quantitative estimate of drug-likeness (QED) is 0.213. The minimum absolute atomic E-state index is 0.895. The second-order valence-corrected chi connectivity index (χ2v) is 11.3. The van der Waals surface area contributed by atoms with Crippen LogP contribution < -0.4 is 4.90 Å². The molecule has 206 valence electrons. The predicted molar refractivity (Wildman–Crippen MR) is 185 cm³/mol. The van der Waals surface area contributed by atoms with Crippen molar-refractivity contribution >= 4 is 50.2 Å². The van der Waals surface area contributed by atoms with E-state index < -0.39 is 0 Å². The largest absolute Gasteiger partial charge is 0.309 e. The van der Waals surface area contributed by atoms with Crippen molar-refractivity contribution in [3.8, 4) is 28.1 Å². The van der Waals surface area contributed by atoms with Crippen LogP contribution in [0.2, 0.25) is 0 Å². The van der Waals surface area contributed by atoms with Crippen molar-refractivity contribution in [2.75, 3.05) is 4.90 Å². The van der Waals surface area contributed by atoms with Crippen molar-refractivity contribution in [2.24, 2.45) is 0 Å². The summed E-state index contributed by atoms with van der Waals surface area (Å²) in [5, 5.41) is 4.98. The van der Waals surface area contributed by atoms with Gasteiger partial charge in [0.25, 0.3) is 0 Å². The molecule has 2 aromatic heterocycles. The van der Waals surface area contributed by atoms with Gasteiger partial charge in [-0.1, -0.05) is 109 Å². The lowest BCUT2D eigenvalue weighted by atomic mass is 9.94. The predicted octanol–water partition coefficient (Wildman–Crippen LogP) is 10.8. The van der Waals surface area contributed by atoms with E-state index in [1.807, 2.05) is 6.07 Å². The van der Waals surface area contributed by atoms with E-state index in [0.29, 0.717) is 0 Å². The zero-order valence-electron chi connectivity index (χ0n) is 23.9. The zero-order chi connectivity index (χ0) is 29.0. The van der Waals surface area contributed by atoms with Crippen molar-refractivity contribution in [1.82, 2.24) is 9.55 Å². The first-order valence-corrected chi connectivity index (χ1v) is 15.0. The number of nitrogens with zero attached hydrogens (tertiary/aromatic N) is 3. The molecule has 0 amide bonds. The summed E-state index contributed by atoms with van der Waals surface area (Å²) in [6.07, 6.45) is 4.47. The summed E-state index contributed by atoms with van der Waals surface area (Å²) < 4.78 is 2.39. The fraction of sp³-hybridized carbons (Fsp3) is 0. The smallest absolute Gasteiger partial charge is 0.138 e. The molecule has 0 spiro atoms. The molecule has 3 heterocycles. The summed E-state index contributed by atoms with van der Waals surface area (Å²) in [5.41, 5.74) is 10.3. The summed E-state index contributed by atoms with van der Waals surface area (Å²) in [6, 6.07) is 53.8. The van der Waals surface area contributed by atoms with E-state index in [0.717, 1.165) is 34.0 Å². The molecule has 9 rings (SSSR count). The van der Waals surface area contributed by atoms with Gasteiger partial charge in [-0.05, 0) is 70.6 Å². The van der Waals surface area contributed by atoms with Crippen molar-refractivity contribution in [3.63, 3.8) is 0 Å². The Morgan fingerprint density at radius 1 is 0.500 bits per heavy atom. The molecule has 0 bridgehead atoms. The monoisotopic (exact) mass is 561 g/mol. The van der Waals surface area contributed by atoms with Crippen LogP contribution in [0.1, 0.15) is 5.56 Å². The molecule has 1 aliphatic heterocycles. The summed E-state index contributed by atoms with van der Waals surface area (Å²) in [6.45, 7) is 0. The normalized spacial score (nSPS) is 12.4. The number of aromatic nitrogens is 2. The molecule has 0 fully saturated rings. The minimum atomic E-state index is 0.895. The minimum Gasteiger partial charge on any atom is -0.309 e. The fourth-order valence-electron chi connectivity index (χ4n) is 6.77. The van der Waals surface area contributed by atoms with Gasteiger partial charge < -0.3 is 9.47 Å². The van der Waals surface area contributed by atoms with Crippen LogP contribution in [0, 0.1) is 0 Å². The van der Waals surface area contributed by atoms with Crippen LogP contribution in [0.3, 0.4) is 0 Å². The third-order valence-corrected chi connectivity index (χ3v) is 8.72. The van der Waals surface area contributed by atoms with E-state index in [-0.39, 0.29) is 0 Å². The van der Waals surface area contributed by atoms with Gasteiger partial charge in [0.05, 0.1) is 22.4 Å². The highest BCUT2D eigenvalue weighted by molar-refractivity contribution is 6.22. The Kier molecular flexibility index (Phi) is 5.50. The molecule has 0 radical (unpaired) electrons. The molecule has 0 atom stereocenters. The second kappa shape index (κ2) is 9.82. The fourth-order valence-corrected chi connectivity index (χ4v) is 6.77. The molecule has 8 aromatic rings. The molecule has 0 aliphatic carbocycles. The SMILES string of the molecule is C1=CN(c2cc(-c3ccccc3)cc(-c3ccccc3)n2)c2cccc3cc4c(c1c23)c1ccccc1n4-c1ccccc1. The number of fused-ring (bicyclic) bond motifs is 4. The number of benzene rings is 6. The van der Waals surface area contributed by atoms with Crippen molar-refractivity contribution < 1.29 is 0 Å². The molecule has 0 saturated heterocycles. The average Bonchev–Trinajstić information content (AvgIpc) is 3.43. The van der Waals surface area contributed by atoms with Gasteiger partial charge in [-0.15, -0.1) is 0 Å². The van der Waals surface area contributed by atoms with E-state index in [4.69, 9.17) is 4.98 Å². The van der Waals surface area contributed by atoms with Crippen LogP contribution in [-0.4, -0.2) is 9.55 Å². The summed E-state index contributed by atoms with van der Waals surface area (Å²) in [5.74, 6) is 0.895. The maximum absolute atomic E-state index is 5.24. The summed E-state index contributed by atoms with van der Waals surface area (Å²) in [7, 11) is 0. The van der Waals surface area contributed by atoms with Gasteiger partial charge in [0, 0.05) is 33.6 Å². The number of hydrogen-bond acceptors (Lipinski definition) is 2. The standard InChI is InChI=1S/C41H27N3/c1-4-13-28(14-5-1)31-25-35(29-15-6-2-7-16-29)42-39(27-31)43-24-23-34-40-30(17-12-22-37(40)43)26-38-41(34)33-20-10-11-21-36(33)44(38)32-18-8-3-9-19-32/h1-27H. The second-order valence-electron chi connectivity index (χ2n) is 11.3. The van der Waals surface area contributed by atoms with Crippen LogP contribution in [-0.2, 0) is 0 Å². The summed E-state index contributed by atoms with van der Waals surface area (Å²) >= 11 is 0. The van der Waals surface area contributed by atoms with E-state index in [1.54, 1.807) is 0 Å². The van der Waals surface area contributed by atoms with Gasteiger partial charge in [0.1, 0.15) is 5.82 Å². The average molecular weight is 562 g/mol. The Morgan fingerprint density at radius 2 is 1.20 bits per heavy atom. The first-order chi connectivity index (χ1) is 21.8. The van der Waals surface area contributed by atoms with Gasteiger partial charge in [0.15, 0.2) is 0 Å². The molecule has 1 aliphatic rings. The number of rotatable bonds is 4. The molecule has 6 aromatic carbocycles. The van der Waals surface area contributed by atoms with Gasteiger partial charge >= 0.3 is 0 Å². The zero-order valence-corrected chi connectivity index (χ0v) is 23.9. The highest BCUT2D eigenvalue weighted by Gasteiger charge is 2.24. The van der Waals surface area contributed by atoms with Crippen molar-refractivity contribution in [1.29, 1.82) is 0 Å². The lowest BCUT2D eigenvalue weighted by Gasteiger charge is -2.27. The molecule has 0 N–H and O–H groups in total. The first kappa shape index (κ1) is 24.6. The maximum Gasteiger partial charge on any atom is 0.138 e. The Morgan fingerprint density at radius 3 is 2.00 bits per heavy atom. The van der Waals surface area contributed by atoms with Gasteiger partial charge in [-0.3, -0.25) is 0 Å². The molecule has 3 nitrogen and oxygen atoms in total. The number of pyridine rings is 1. The molecule has 44 heavy (non-hydrogen) atoms. The Hall–Kier alpha value is -5.93. The highest BCUT2D eigenvalue weighted by Crippen LogP contribution is 2.45. The summed E-state index contributed by atoms with van der Waals surface area (Å²) in [4.78, 5) is 7.49. The number of anilines is 2. The van der Waals surface area contributed by atoms with Crippen LogP contribution in [0.5, 0.6) is 0 Å². The molecule has 0 saturated carbocycles. The lowest BCUT2D eigenvalue weighted by molar-refractivity contribution is 1.18. The van der Waals surface area contributed by atoms with Gasteiger partial charge in [-0.2, -0.15) is 0 Å². The number of para-hydroxylation sites is 2. The lowest BCUT2D eigenvalue weighted by Crippen LogP contribution is -2.14. The Bertz CT molecular complexity index is 2310. The van der Waals surface area contributed by atoms with Crippen LogP contribution in [0.15, 0.2) is 158 Å². The third kappa shape index (κ3) is 3.80. The van der Waals surface area contributed by atoms with E-state index >= 15 is 0 Å². The van der Waals surface area contributed by atoms with E-state index in [2.05, 4.69) is 167 Å². The Labute approximate surface area is 255 Å². The number of hydrogen-bond donors (Lipinski definition) is 0. The molecule has 0 unspecified atom stereocenters. The van der Waals surface area contributed by atoms with Crippen LogP contribution in [0.4, 0.5) is 11.5 Å². The van der Waals surface area contributed by atoms with Crippen LogP contribution >= 0.6 is 0 Å². The van der Waals surface area contributed by atoms with Crippen LogP contribution in [0.25, 0.3) is 66.7 Å². The van der Waals surface area contributed by atoms with Gasteiger partial charge in [-0.25, -0.2) is 4.98 Å². The first-order valence-electron chi connectivity index (χ1n) is 15.0. The van der Waals surface area contributed by atoms with Crippen molar-refractivity contribution in [2.45, 2.75) is 0 Å². The third-order valence-electron chi connectivity index (χ3n) is 8.72. The van der Waals surface area contributed by atoms with E-state index in [1.165, 1.54) is 43.7 Å². The molecular formula is C41H27N3. The highest BCUT2D eigenvalue weighted by atomic mass is 15.2. The topological polar surface area (TPSA) is 21.1 Å². The van der Waals surface area contributed by atoms with Gasteiger partial charge in [0.2, 0.25) is 0 Å². The Balaban J connectivity index is 1.30. The van der Waals surface area contributed by atoms with E-state index in [9.17, 15) is 0 Å². The molecular weight excluding hydrogens is 534 g/mol. The van der Waals surface area contributed by atoms with Crippen molar-refractivity contribution in [3.05, 3.63) is 163 Å².